The lowest BCUT2D eigenvalue weighted by atomic mass is 9.93. The van der Waals surface area contributed by atoms with Crippen LogP contribution >= 0.6 is 11.3 Å². The van der Waals surface area contributed by atoms with Crippen molar-refractivity contribution in [3.05, 3.63) is 50.9 Å². The van der Waals surface area contributed by atoms with Crippen molar-refractivity contribution in [1.82, 2.24) is 15.2 Å². The van der Waals surface area contributed by atoms with Crippen LogP contribution < -0.4 is 10.9 Å². The molecule has 3 aromatic rings. The highest BCUT2D eigenvalue weighted by Gasteiger charge is 2.21. The Morgan fingerprint density at radius 2 is 2.12 bits per heavy atom. The van der Waals surface area contributed by atoms with Gasteiger partial charge in [-0.3, -0.25) is 14.9 Å². The highest BCUT2D eigenvalue weighted by molar-refractivity contribution is 7.15. The number of H-pyrrole nitrogens is 1. The molecule has 1 aromatic carbocycles. The van der Waals surface area contributed by atoms with Gasteiger partial charge in [-0.25, -0.2) is 10.1 Å². The summed E-state index contributed by atoms with van der Waals surface area (Å²) in [6.45, 7) is 2.23. The van der Waals surface area contributed by atoms with E-state index in [1.54, 1.807) is 24.3 Å². The van der Waals surface area contributed by atoms with Crippen molar-refractivity contribution in [3.8, 4) is 0 Å². The van der Waals surface area contributed by atoms with Crippen LogP contribution in [-0.4, -0.2) is 21.1 Å². The van der Waals surface area contributed by atoms with E-state index in [-0.39, 0.29) is 17.2 Å². The van der Waals surface area contributed by atoms with Crippen LogP contribution in [0.5, 0.6) is 0 Å². The van der Waals surface area contributed by atoms with Gasteiger partial charge in [0.25, 0.3) is 11.5 Å². The molecular formula is C17H16N4O2S. The number of aryl methyl sites for hydroxylation is 1. The van der Waals surface area contributed by atoms with Crippen molar-refractivity contribution in [1.29, 1.82) is 0 Å². The van der Waals surface area contributed by atoms with Gasteiger partial charge in [0.05, 0.1) is 11.1 Å². The average molecular weight is 340 g/mol. The molecule has 7 heteroatoms. The third-order valence-electron chi connectivity index (χ3n) is 4.32. The van der Waals surface area contributed by atoms with Crippen LogP contribution in [0.1, 0.15) is 34.4 Å². The maximum absolute atomic E-state index is 12.6. The van der Waals surface area contributed by atoms with Crippen LogP contribution in [0.15, 0.2) is 29.1 Å². The van der Waals surface area contributed by atoms with Crippen LogP contribution in [0.25, 0.3) is 10.8 Å². The number of nitrogens with one attached hydrogen (secondary N) is 2. The first kappa shape index (κ1) is 15.0. The number of carbonyl (C=O) groups excluding carboxylic acids is 1. The van der Waals surface area contributed by atoms with Crippen molar-refractivity contribution in [2.75, 3.05) is 5.32 Å². The summed E-state index contributed by atoms with van der Waals surface area (Å²) < 4.78 is 0. The van der Waals surface area contributed by atoms with E-state index < -0.39 is 0 Å². The van der Waals surface area contributed by atoms with E-state index in [2.05, 4.69) is 27.4 Å². The fourth-order valence-electron chi connectivity index (χ4n) is 3.04. The number of carbonyl (C=O) groups is 1. The highest BCUT2D eigenvalue weighted by Crippen LogP contribution is 2.32. The molecule has 0 aliphatic heterocycles. The summed E-state index contributed by atoms with van der Waals surface area (Å²) in [5.41, 5.74) is 0.986. The van der Waals surface area contributed by atoms with Gasteiger partial charge in [0.2, 0.25) is 0 Å². The number of hydrogen-bond donors (Lipinski definition) is 2. The summed E-state index contributed by atoms with van der Waals surface area (Å²) in [5, 5.41) is 10.7. The summed E-state index contributed by atoms with van der Waals surface area (Å²) in [6.07, 6.45) is 3.11. The number of nitrogens with zero attached hydrogens (tertiary/aromatic N) is 2. The third kappa shape index (κ3) is 2.60. The van der Waals surface area contributed by atoms with Crippen LogP contribution in [-0.2, 0) is 12.8 Å². The molecule has 1 aliphatic rings. The van der Waals surface area contributed by atoms with Crippen molar-refractivity contribution in [2.45, 2.75) is 26.2 Å². The normalized spacial score (nSPS) is 16.8. The van der Waals surface area contributed by atoms with Gasteiger partial charge in [-0.15, -0.1) is 11.3 Å². The minimum Gasteiger partial charge on any atom is -0.296 e. The van der Waals surface area contributed by atoms with E-state index in [1.807, 2.05) is 0 Å². The Balaban J connectivity index is 1.66. The Kier molecular flexibility index (Phi) is 3.65. The molecule has 1 aliphatic carbocycles. The standard InChI is InChI=1S/C17H16N4O2S/c1-9-6-7-12-13(8-9)24-17(18-12)19-16(23)14-10-4-2-3-5-11(10)15(22)21-20-14/h2-5,9H,6-8H2,1H3,(H,21,22)(H,18,19,23). The predicted molar refractivity (Wildman–Crippen MR) is 93.6 cm³/mol. The summed E-state index contributed by atoms with van der Waals surface area (Å²) in [4.78, 5) is 30.2. The highest BCUT2D eigenvalue weighted by atomic mass is 32.1. The molecule has 6 nitrogen and oxygen atoms in total. The largest absolute Gasteiger partial charge is 0.296 e. The second kappa shape index (κ2) is 5.83. The number of benzene rings is 1. The smallest absolute Gasteiger partial charge is 0.278 e. The van der Waals surface area contributed by atoms with E-state index in [4.69, 9.17) is 0 Å². The summed E-state index contributed by atoms with van der Waals surface area (Å²) in [7, 11) is 0. The van der Waals surface area contributed by atoms with Gasteiger partial charge in [-0.2, -0.15) is 5.10 Å². The minimum atomic E-state index is -0.360. The number of thiazole rings is 1. The second-order valence-corrected chi connectivity index (χ2v) is 7.22. The van der Waals surface area contributed by atoms with Gasteiger partial charge in [0.15, 0.2) is 10.8 Å². The molecule has 1 amide bonds. The lowest BCUT2D eigenvalue weighted by Crippen LogP contribution is -2.19. The molecule has 0 radical (unpaired) electrons. The SMILES string of the molecule is CC1CCc2nc(NC(=O)c3n[nH]c(=O)c4ccccc34)sc2C1. The zero-order valence-corrected chi connectivity index (χ0v) is 13.9. The van der Waals surface area contributed by atoms with Gasteiger partial charge < -0.3 is 0 Å². The van der Waals surface area contributed by atoms with Crippen molar-refractivity contribution in [3.63, 3.8) is 0 Å². The van der Waals surface area contributed by atoms with Crippen molar-refractivity contribution >= 4 is 33.1 Å². The quantitative estimate of drug-likeness (QED) is 0.751. The number of aromatic nitrogens is 3. The molecule has 1 atom stereocenters. The summed E-state index contributed by atoms with van der Waals surface area (Å²) >= 11 is 1.53. The maximum atomic E-state index is 12.6. The number of rotatable bonds is 2. The maximum Gasteiger partial charge on any atom is 0.278 e. The Bertz CT molecular complexity index is 992. The van der Waals surface area contributed by atoms with E-state index in [0.29, 0.717) is 21.8 Å². The molecule has 0 saturated carbocycles. The first-order valence-corrected chi connectivity index (χ1v) is 8.71. The van der Waals surface area contributed by atoms with Crippen molar-refractivity contribution < 1.29 is 4.79 Å². The van der Waals surface area contributed by atoms with E-state index in [9.17, 15) is 9.59 Å². The molecule has 2 aromatic heterocycles. The average Bonchev–Trinajstić information content (AvgIpc) is 2.96. The zero-order valence-electron chi connectivity index (χ0n) is 13.1. The van der Waals surface area contributed by atoms with Gasteiger partial charge in [0.1, 0.15) is 0 Å². The third-order valence-corrected chi connectivity index (χ3v) is 5.35. The van der Waals surface area contributed by atoms with Gasteiger partial charge in [-0.05, 0) is 31.2 Å². The van der Waals surface area contributed by atoms with Gasteiger partial charge in [-0.1, -0.05) is 25.1 Å². The predicted octanol–water partition coefficient (Wildman–Crippen LogP) is 2.76. The Morgan fingerprint density at radius 3 is 2.96 bits per heavy atom. The first-order chi connectivity index (χ1) is 11.6. The summed E-state index contributed by atoms with van der Waals surface area (Å²) in [6, 6.07) is 6.94. The molecule has 0 spiro atoms. The monoisotopic (exact) mass is 340 g/mol. The number of anilines is 1. The Morgan fingerprint density at radius 1 is 1.33 bits per heavy atom. The molecule has 4 rings (SSSR count). The summed E-state index contributed by atoms with van der Waals surface area (Å²) in [5.74, 6) is 0.299. The van der Waals surface area contributed by atoms with E-state index >= 15 is 0 Å². The van der Waals surface area contributed by atoms with Gasteiger partial charge >= 0.3 is 0 Å². The molecule has 0 fully saturated rings. The van der Waals surface area contributed by atoms with Crippen LogP contribution in [0, 0.1) is 5.92 Å². The number of hydrogen-bond acceptors (Lipinski definition) is 5. The second-order valence-electron chi connectivity index (χ2n) is 6.14. The minimum absolute atomic E-state index is 0.201. The fourth-order valence-corrected chi connectivity index (χ4v) is 4.20. The molecule has 122 valence electrons. The lowest BCUT2D eigenvalue weighted by Gasteiger charge is -2.15. The van der Waals surface area contributed by atoms with Crippen LogP contribution in [0.2, 0.25) is 0 Å². The lowest BCUT2D eigenvalue weighted by molar-refractivity contribution is 0.102. The molecule has 2 N–H and O–H groups in total. The Hall–Kier alpha value is -2.54. The topological polar surface area (TPSA) is 87.7 Å². The first-order valence-electron chi connectivity index (χ1n) is 7.89. The Labute approximate surface area is 141 Å². The number of amides is 1. The molecule has 1 unspecified atom stereocenters. The molecule has 2 heterocycles. The van der Waals surface area contributed by atoms with Crippen molar-refractivity contribution in [2.24, 2.45) is 5.92 Å². The molecular weight excluding hydrogens is 324 g/mol. The van der Waals surface area contributed by atoms with Crippen LogP contribution in [0.3, 0.4) is 0 Å². The molecule has 0 bridgehead atoms. The molecule has 24 heavy (non-hydrogen) atoms. The number of fused-ring (bicyclic) bond motifs is 2. The van der Waals surface area contributed by atoms with Gasteiger partial charge in [0, 0.05) is 10.3 Å². The molecule has 0 saturated heterocycles. The van der Waals surface area contributed by atoms with Crippen LogP contribution in [0.4, 0.5) is 5.13 Å². The van der Waals surface area contributed by atoms with E-state index in [1.165, 1.54) is 16.2 Å². The number of aromatic amines is 1. The van der Waals surface area contributed by atoms with E-state index in [0.717, 1.165) is 25.0 Å². The fraction of sp³-hybridized carbons (Fsp3) is 0.294. The zero-order chi connectivity index (χ0) is 16.7.